The van der Waals surface area contributed by atoms with Crippen LogP contribution in [0.25, 0.3) is 0 Å². The Balaban J connectivity index is 1.88. The third-order valence-electron chi connectivity index (χ3n) is 3.27. The van der Waals surface area contributed by atoms with Crippen LogP contribution >= 0.6 is 11.8 Å². The first-order chi connectivity index (χ1) is 10.8. The van der Waals surface area contributed by atoms with Crippen molar-refractivity contribution in [1.29, 1.82) is 0 Å². The molecule has 1 saturated heterocycles. The molecule has 1 aliphatic heterocycles. The van der Waals surface area contributed by atoms with Crippen molar-refractivity contribution in [2.75, 3.05) is 6.54 Å². The molecule has 0 saturated carbocycles. The van der Waals surface area contributed by atoms with Gasteiger partial charge in [0, 0.05) is 18.3 Å². The molecule has 126 valence electrons. The van der Waals surface area contributed by atoms with E-state index in [1.54, 1.807) is 20.8 Å². The highest BCUT2D eigenvalue weighted by Crippen LogP contribution is 2.16. The molecule has 2 rings (SSSR count). The van der Waals surface area contributed by atoms with Gasteiger partial charge in [-0.05, 0) is 32.8 Å². The fourth-order valence-corrected chi connectivity index (χ4v) is 2.46. The van der Waals surface area contributed by atoms with Gasteiger partial charge in [0.2, 0.25) is 0 Å². The number of amides is 2. The van der Waals surface area contributed by atoms with E-state index in [0.29, 0.717) is 19.5 Å². The Bertz CT molecular complexity index is 559. The molecule has 1 aliphatic rings. The van der Waals surface area contributed by atoms with Crippen LogP contribution in [0.3, 0.4) is 0 Å². The number of rotatable bonds is 3. The Labute approximate surface area is 141 Å². The lowest BCUT2D eigenvalue weighted by Gasteiger charge is -2.25. The van der Waals surface area contributed by atoms with E-state index in [0.717, 1.165) is 9.98 Å². The van der Waals surface area contributed by atoms with Crippen molar-refractivity contribution in [1.82, 2.24) is 14.9 Å². The number of ether oxygens (including phenoxy) is 1. The zero-order valence-electron chi connectivity index (χ0n) is 13.6. The number of hydrazine groups is 1. The van der Waals surface area contributed by atoms with E-state index < -0.39 is 17.7 Å². The molecule has 23 heavy (non-hydrogen) atoms. The number of nitrogens with zero attached hydrogens (tertiary/aromatic N) is 2. The van der Waals surface area contributed by atoms with Crippen LogP contribution < -0.4 is 5.43 Å². The van der Waals surface area contributed by atoms with E-state index in [2.05, 4.69) is 5.43 Å². The fourth-order valence-electron chi connectivity index (χ4n) is 2.21. The van der Waals surface area contributed by atoms with E-state index in [1.165, 1.54) is 5.01 Å². The van der Waals surface area contributed by atoms with Gasteiger partial charge in [-0.2, -0.15) is 0 Å². The Kier molecular flexibility index (Phi) is 5.49. The van der Waals surface area contributed by atoms with E-state index in [4.69, 9.17) is 16.5 Å². The molecule has 1 atom stereocenters. The highest BCUT2D eigenvalue weighted by Gasteiger charge is 2.34. The molecule has 1 aromatic carbocycles. The zero-order valence-corrected chi connectivity index (χ0v) is 14.3. The first kappa shape index (κ1) is 17.6. The van der Waals surface area contributed by atoms with Gasteiger partial charge in [0.05, 0.1) is 6.54 Å². The lowest BCUT2D eigenvalue weighted by molar-refractivity contribution is -0.129. The van der Waals surface area contributed by atoms with Crippen LogP contribution in [-0.2, 0) is 16.1 Å². The van der Waals surface area contributed by atoms with E-state index in [1.807, 2.05) is 30.3 Å². The number of benzene rings is 1. The molecule has 7 heteroatoms. The fraction of sp³-hybridized carbons (Fsp3) is 0.500. The maximum absolute atomic E-state index is 12.4. The molecule has 1 aromatic rings. The summed E-state index contributed by atoms with van der Waals surface area (Å²) < 4.78 is 6.42. The summed E-state index contributed by atoms with van der Waals surface area (Å²) >= 11 is 6.09. The standard InChI is InChI=1S/C16H22ClN3O3/c1-16(2,3)23-15(22)20-10-9-13(18-20)14(21)19(17)11-12-7-5-4-6-8-12/h4-8,13,18H,9-11H2,1-3H3. The molecule has 0 aliphatic carbocycles. The molecule has 2 amide bonds. The maximum atomic E-state index is 12.4. The average molecular weight is 340 g/mol. The summed E-state index contributed by atoms with van der Waals surface area (Å²) in [5, 5.41) is 1.32. The molecule has 1 fully saturated rings. The molecule has 1 heterocycles. The van der Waals surface area contributed by atoms with Gasteiger partial charge in [-0.3, -0.25) is 4.79 Å². The van der Waals surface area contributed by atoms with Gasteiger partial charge in [-0.15, -0.1) is 0 Å². The van der Waals surface area contributed by atoms with Gasteiger partial charge in [-0.1, -0.05) is 30.3 Å². The second-order valence-corrected chi connectivity index (χ2v) is 6.85. The summed E-state index contributed by atoms with van der Waals surface area (Å²) in [4.78, 5) is 24.3. The largest absolute Gasteiger partial charge is 0.443 e. The average Bonchev–Trinajstić information content (AvgIpc) is 2.95. The quantitative estimate of drug-likeness (QED) is 0.860. The van der Waals surface area contributed by atoms with Crippen molar-refractivity contribution in [2.24, 2.45) is 0 Å². The number of carbonyl (C=O) groups excluding carboxylic acids is 2. The van der Waals surface area contributed by atoms with E-state index in [9.17, 15) is 9.59 Å². The Morgan fingerprint density at radius 2 is 2.00 bits per heavy atom. The monoisotopic (exact) mass is 339 g/mol. The maximum Gasteiger partial charge on any atom is 0.424 e. The van der Waals surface area contributed by atoms with Crippen molar-refractivity contribution in [3.05, 3.63) is 35.9 Å². The van der Waals surface area contributed by atoms with Gasteiger partial charge >= 0.3 is 6.09 Å². The van der Waals surface area contributed by atoms with Gasteiger partial charge < -0.3 is 4.74 Å². The molecule has 0 bridgehead atoms. The van der Waals surface area contributed by atoms with Crippen molar-refractivity contribution in [3.8, 4) is 0 Å². The van der Waals surface area contributed by atoms with Gasteiger partial charge in [0.1, 0.15) is 11.6 Å². The third kappa shape index (κ3) is 5.11. The van der Waals surface area contributed by atoms with Crippen LogP contribution in [0.2, 0.25) is 0 Å². The Hall–Kier alpha value is -1.79. The number of hydrogen-bond acceptors (Lipinski definition) is 4. The van der Waals surface area contributed by atoms with Gasteiger partial charge in [0.25, 0.3) is 5.91 Å². The van der Waals surface area contributed by atoms with Gasteiger partial charge in [0.15, 0.2) is 0 Å². The summed E-state index contributed by atoms with van der Waals surface area (Å²) in [6.07, 6.45) is 0.00721. The lowest BCUT2D eigenvalue weighted by Crippen LogP contribution is -2.47. The first-order valence-electron chi connectivity index (χ1n) is 7.54. The second-order valence-electron chi connectivity index (χ2n) is 6.45. The number of hydrogen-bond donors (Lipinski definition) is 1. The molecular weight excluding hydrogens is 318 g/mol. The zero-order chi connectivity index (χ0) is 17.0. The molecule has 1 unspecified atom stereocenters. The van der Waals surface area contributed by atoms with Crippen LogP contribution in [0.4, 0.5) is 4.79 Å². The first-order valence-corrected chi connectivity index (χ1v) is 7.88. The van der Waals surface area contributed by atoms with Gasteiger partial charge in [-0.25, -0.2) is 19.6 Å². The minimum Gasteiger partial charge on any atom is -0.443 e. The van der Waals surface area contributed by atoms with Crippen molar-refractivity contribution in [2.45, 2.75) is 45.4 Å². The molecule has 0 aromatic heterocycles. The van der Waals surface area contributed by atoms with Crippen LogP contribution in [0.5, 0.6) is 0 Å². The highest BCUT2D eigenvalue weighted by molar-refractivity contribution is 6.21. The van der Waals surface area contributed by atoms with Crippen molar-refractivity contribution < 1.29 is 14.3 Å². The molecule has 1 N–H and O–H groups in total. The van der Waals surface area contributed by atoms with Crippen molar-refractivity contribution >= 4 is 23.8 Å². The summed E-state index contributed by atoms with van der Waals surface area (Å²) in [6, 6.07) is 8.96. The molecular formula is C16H22ClN3O3. The van der Waals surface area contributed by atoms with Crippen LogP contribution in [0.1, 0.15) is 32.8 Å². The summed E-state index contributed by atoms with van der Waals surface area (Å²) in [6.45, 7) is 6.10. The molecule has 6 nitrogen and oxygen atoms in total. The van der Waals surface area contributed by atoms with Crippen LogP contribution in [0, 0.1) is 0 Å². The lowest BCUT2D eigenvalue weighted by atomic mass is 10.2. The smallest absolute Gasteiger partial charge is 0.424 e. The summed E-state index contributed by atoms with van der Waals surface area (Å²) in [5.41, 5.74) is 3.23. The second kappa shape index (κ2) is 7.19. The predicted octanol–water partition coefficient (Wildman–Crippen LogP) is 2.68. The normalized spacial score (nSPS) is 17.9. The highest BCUT2D eigenvalue weighted by atomic mass is 35.5. The van der Waals surface area contributed by atoms with E-state index in [-0.39, 0.29) is 5.91 Å². The molecule has 0 radical (unpaired) electrons. The summed E-state index contributed by atoms with van der Waals surface area (Å²) in [5.74, 6) is -0.262. The van der Waals surface area contributed by atoms with Crippen LogP contribution in [0.15, 0.2) is 30.3 Å². The minimum atomic E-state index is -0.577. The minimum absolute atomic E-state index is 0.262. The Morgan fingerprint density at radius 3 is 2.61 bits per heavy atom. The van der Waals surface area contributed by atoms with E-state index >= 15 is 0 Å². The number of carbonyl (C=O) groups is 2. The number of halogens is 1. The summed E-state index contributed by atoms with van der Waals surface area (Å²) in [7, 11) is 0. The van der Waals surface area contributed by atoms with Crippen molar-refractivity contribution in [3.63, 3.8) is 0 Å². The predicted molar refractivity (Wildman–Crippen MR) is 87.3 cm³/mol. The third-order valence-corrected chi connectivity index (χ3v) is 3.55. The van der Waals surface area contributed by atoms with Crippen LogP contribution in [-0.4, -0.2) is 39.6 Å². The Morgan fingerprint density at radius 1 is 1.35 bits per heavy atom. The molecule has 0 spiro atoms. The SMILES string of the molecule is CC(C)(C)OC(=O)N1CCC(C(=O)N(Cl)Cc2ccccc2)N1. The topological polar surface area (TPSA) is 61.9 Å². The number of nitrogens with one attached hydrogen (secondary N) is 1.